The van der Waals surface area contributed by atoms with Gasteiger partial charge in [0.25, 0.3) is 0 Å². The highest BCUT2D eigenvalue weighted by Gasteiger charge is 2.13. The third-order valence-electron chi connectivity index (χ3n) is 2.71. The molecular weight excluding hydrogens is 298 g/mol. The van der Waals surface area contributed by atoms with Crippen molar-refractivity contribution in [3.8, 4) is 5.69 Å². The number of rotatable bonds is 2. The number of aryl methyl sites for hydroxylation is 1. The first-order chi connectivity index (χ1) is 8.41. The fourth-order valence-electron chi connectivity index (χ4n) is 1.75. The molecule has 1 aromatic heterocycles. The zero-order valence-electron chi connectivity index (χ0n) is 9.94. The predicted octanol–water partition coefficient (Wildman–Crippen LogP) is 2.53. The Labute approximate surface area is 112 Å². The van der Waals surface area contributed by atoms with Gasteiger partial charge in [0.15, 0.2) is 0 Å². The summed E-state index contributed by atoms with van der Waals surface area (Å²) in [5.41, 5.74) is 8.59. The molecule has 2 aromatic rings. The highest BCUT2D eigenvalue weighted by Crippen LogP contribution is 2.24. The standard InChI is InChI=1S/C12H12BrN3O2/c1-6-11(13)7(2)16(15-6)8-3-4-9(12(17)18)10(14)5-8/h3-5H,14H2,1-2H3,(H,17,18). The number of anilines is 1. The molecular formula is C12H12BrN3O2. The fraction of sp³-hybridized carbons (Fsp3) is 0.167. The van der Waals surface area contributed by atoms with Crippen LogP contribution in [0.15, 0.2) is 22.7 Å². The number of nitrogens with zero attached hydrogens (tertiary/aromatic N) is 2. The van der Waals surface area contributed by atoms with Gasteiger partial charge >= 0.3 is 5.97 Å². The summed E-state index contributed by atoms with van der Waals surface area (Å²) in [4.78, 5) is 10.9. The number of carboxylic acids is 1. The van der Waals surface area contributed by atoms with E-state index in [2.05, 4.69) is 21.0 Å². The minimum atomic E-state index is -1.03. The molecule has 2 rings (SSSR count). The number of aromatic nitrogens is 2. The van der Waals surface area contributed by atoms with Crippen LogP contribution in [0.3, 0.4) is 0 Å². The molecule has 0 spiro atoms. The topological polar surface area (TPSA) is 81.1 Å². The highest BCUT2D eigenvalue weighted by molar-refractivity contribution is 9.10. The lowest BCUT2D eigenvalue weighted by Gasteiger charge is -2.07. The predicted molar refractivity (Wildman–Crippen MR) is 72.1 cm³/mol. The van der Waals surface area contributed by atoms with Crippen LogP contribution in [0.2, 0.25) is 0 Å². The molecule has 0 amide bonds. The molecule has 0 radical (unpaired) electrons. The van der Waals surface area contributed by atoms with Gasteiger partial charge in [0, 0.05) is 5.69 Å². The normalized spacial score (nSPS) is 10.6. The lowest BCUT2D eigenvalue weighted by molar-refractivity contribution is 0.0698. The van der Waals surface area contributed by atoms with E-state index in [1.165, 1.54) is 6.07 Å². The van der Waals surface area contributed by atoms with Gasteiger partial charge in [-0.05, 0) is 48.0 Å². The van der Waals surface area contributed by atoms with Crippen molar-refractivity contribution in [3.05, 3.63) is 39.6 Å². The van der Waals surface area contributed by atoms with Crippen LogP contribution in [0.4, 0.5) is 5.69 Å². The van der Waals surface area contributed by atoms with Crippen molar-refractivity contribution < 1.29 is 9.90 Å². The zero-order valence-corrected chi connectivity index (χ0v) is 11.5. The Morgan fingerprint density at radius 1 is 1.44 bits per heavy atom. The number of carboxylic acid groups (broad SMARTS) is 1. The number of hydrogen-bond acceptors (Lipinski definition) is 3. The molecule has 94 valence electrons. The summed E-state index contributed by atoms with van der Waals surface area (Å²) in [6, 6.07) is 4.78. The molecule has 0 aliphatic carbocycles. The Morgan fingerprint density at radius 2 is 2.11 bits per heavy atom. The highest BCUT2D eigenvalue weighted by atomic mass is 79.9. The van der Waals surface area contributed by atoms with E-state index in [4.69, 9.17) is 10.8 Å². The molecule has 0 atom stereocenters. The van der Waals surface area contributed by atoms with Crippen molar-refractivity contribution in [2.24, 2.45) is 0 Å². The van der Waals surface area contributed by atoms with Crippen LogP contribution in [-0.4, -0.2) is 20.9 Å². The molecule has 0 fully saturated rings. The third-order valence-corrected chi connectivity index (χ3v) is 3.86. The van der Waals surface area contributed by atoms with Crippen LogP contribution in [-0.2, 0) is 0 Å². The lowest BCUT2D eigenvalue weighted by atomic mass is 10.1. The lowest BCUT2D eigenvalue weighted by Crippen LogP contribution is -2.05. The molecule has 6 heteroatoms. The summed E-state index contributed by atoms with van der Waals surface area (Å²) in [5.74, 6) is -1.03. The fourth-order valence-corrected chi connectivity index (χ4v) is 2.00. The molecule has 0 unspecified atom stereocenters. The summed E-state index contributed by atoms with van der Waals surface area (Å²) in [5, 5.41) is 13.3. The van der Waals surface area contributed by atoms with E-state index in [0.29, 0.717) is 0 Å². The molecule has 3 N–H and O–H groups in total. The SMILES string of the molecule is Cc1nn(-c2ccc(C(=O)O)c(N)c2)c(C)c1Br. The third kappa shape index (κ3) is 1.99. The average molecular weight is 310 g/mol. The van der Waals surface area contributed by atoms with E-state index in [9.17, 15) is 4.79 Å². The molecule has 0 aliphatic heterocycles. The smallest absolute Gasteiger partial charge is 0.337 e. The number of hydrogen-bond donors (Lipinski definition) is 2. The number of halogens is 1. The van der Waals surface area contributed by atoms with Crippen molar-refractivity contribution in [3.63, 3.8) is 0 Å². The van der Waals surface area contributed by atoms with Gasteiger partial charge in [-0.25, -0.2) is 9.48 Å². The van der Waals surface area contributed by atoms with Crippen LogP contribution in [0, 0.1) is 13.8 Å². The summed E-state index contributed by atoms with van der Waals surface area (Å²) < 4.78 is 2.66. The first kappa shape index (κ1) is 12.6. The second kappa shape index (κ2) is 4.45. The van der Waals surface area contributed by atoms with E-state index in [-0.39, 0.29) is 11.3 Å². The first-order valence-corrected chi connectivity index (χ1v) is 6.06. The quantitative estimate of drug-likeness (QED) is 0.835. The number of nitrogens with two attached hydrogens (primary N) is 1. The van der Waals surface area contributed by atoms with Gasteiger partial charge in [-0.3, -0.25) is 0 Å². The summed E-state index contributed by atoms with van der Waals surface area (Å²) in [6.07, 6.45) is 0. The second-order valence-corrected chi connectivity index (χ2v) is 4.77. The Morgan fingerprint density at radius 3 is 2.56 bits per heavy atom. The monoisotopic (exact) mass is 309 g/mol. The van der Waals surface area contributed by atoms with Crippen LogP contribution >= 0.6 is 15.9 Å². The minimum absolute atomic E-state index is 0.0966. The summed E-state index contributed by atoms with van der Waals surface area (Å²) in [7, 11) is 0. The van der Waals surface area contributed by atoms with Crippen molar-refractivity contribution in [1.82, 2.24) is 9.78 Å². The molecule has 0 saturated heterocycles. The van der Waals surface area contributed by atoms with Crippen LogP contribution in [0.25, 0.3) is 5.69 Å². The van der Waals surface area contributed by atoms with Crippen LogP contribution < -0.4 is 5.73 Å². The average Bonchev–Trinajstić information content (AvgIpc) is 2.56. The molecule has 5 nitrogen and oxygen atoms in total. The van der Waals surface area contributed by atoms with Gasteiger partial charge in [0.2, 0.25) is 0 Å². The van der Waals surface area contributed by atoms with Crippen molar-refractivity contribution in [1.29, 1.82) is 0 Å². The number of nitrogen functional groups attached to an aromatic ring is 1. The first-order valence-electron chi connectivity index (χ1n) is 5.26. The zero-order chi connectivity index (χ0) is 13.4. The summed E-state index contributed by atoms with van der Waals surface area (Å²) >= 11 is 3.44. The van der Waals surface area contributed by atoms with E-state index < -0.39 is 5.97 Å². The maximum atomic E-state index is 10.9. The van der Waals surface area contributed by atoms with Crippen LogP contribution in [0.1, 0.15) is 21.7 Å². The van der Waals surface area contributed by atoms with E-state index in [1.807, 2.05) is 13.8 Å². The molecule has 1 aromatic carbocycles. The largest absolute Gasteiger partial charge is 0.478 e. The maximum absolute atomic E-state index is 10.9. The minimum Gasteiger partial charge on any atom is -0.478 e. The van der Waals surface area contributed by atoms with Crippen molar-refractivity contribution >= 4 is 27.6 Å². The molecule has 18 heavy (non-hydrogen) atoms. The Hall–Kier alpha value is -1.82. The molecule has 0 aliphatic rings. The van der Waals surface area contributed by atoms with Crippen molar-refractivity contribution in [2.45, 2.75) is 13.8 Å². The molecule has 1 heterocycles. The van der Waals surface area contributed by atoms with Gasteiger partial charge in [0.05, 0.1) is 27.1 Å². The van der Waals surface area contributed by atoms with Gasteiger partial charge in [-0.15, -0.1) is 0 Å². The number of benzene rings is 1. The maximum Gasteiger partial charge on any atom is 0.337 e. The van der Waals surface area contributed by atoms with E-state index in [0.717, 1.165) is 21.5 Å². The second-order valence-electron chi connectivity index (χ2n) is 3.97. The number of aromatic carboxylic acids is 1. The van der Waals surface area contributed by atoms with E-state index >= 15 is 0 Å². The van der Waals surface area contributed by atoms with Gasteiger partial charge < -0.3 is 10.8 Å². The van der Waals surface area contributed by atoms with Gasteiger partial charge in [-0.1, -0.05) is 0 Å². The van der Waals surface area contributed by atoms with E-state index in [1.54, 1.807) is 16.8 Å². The van der Waals surface area contributed by atoms with Gasteiger partial charge in [-0.2, -0.15) is 5.10 Å². The Bertz CT molecular complexity index is 634. The van der Waals surface area contributed by atoms with Crippen molar-refractivity contribution in [2.75, 3.05) is 5.73 Å². The summed E-state index contributed by atoms with van der Waals surface area (Å²) in [6.45, 7) is 3.81. The number of carbonyl (C=O) groups is 1. The molecule has 0 saturated carbocycles. The Balaban J connectivity index is 2.55. The Kier molecular flexibility index (Phi) is 3.13. The van der Waals surface area contributed by atoms with Gasteiger partial charge in [0.1, 0.15) is 0 Å². The van der Waals surface area contributed by atoms with Crippen LogP contribution in [0.5, 0.6) is 0 Å². The molecule has 0 bridgehead atoms.